The number of anilines is 1. The lowest BCUT2D eigenvalue weighted by atomic mass is 10.0. The number of carbonyl (C=O) groups is 1. The molecule has 0 unspecified atom stereocenters. The Labute approximate surface area is 207 Å². The number of nitrogens with one attached hydrogen (secondary N) is 1. The number of sulfone groups is 1. The molecule has 1 N–H and O–H groups in total. The number of nitrogens with zero attached hydrogens (tertiary/aromatic N) is 2. The van der Waals surface area contributed by atoms with E-state index in [1.54, 1.807) is 41.3 Å². The summed E-state index contributed by atoms with van der Waals surface area (Å²) in [6, 6.07) is 21.9. The summed E-state index contributed by atoms with van der Waals surface area (Å²) in [6.07, 6.45) is 1.63. The average Bonchev–Trinajstić information content (AvgIpc) is 2.90. The van der Waals surface area contributed by atoms with E-state index in [-0.39, 0.29) is 6.03 Å². The van der Waals surface area contributed by atoms with Crippen molar-refractivity contribution in [1.82, 2.24) is 4.90 Å². The number of rotatable bonds is 5. The first-order valence-electron chi connectivity index (χ1n) is 11.8. The van der Waals surface area contributed by atoms with Crippen LogP contribution in [0.15, 0.2) is 71.6 Å². The number of aryl methyl sites for hydroxylation is 2. The molecular formula is C28H29N3O3S. The van der Waals surface area contributed by atoms with Crippen molar-refractivity contribution in [2.45, 2.75) is 43.3 Å². The molecule has 0 aromatic heterocycles. The Kier molecular flexibility index (Phi) is 7.23. The third kappa shape index (κ3) is 5.23. The van der Waals surface area contributed by atoms with Crippen LogP contribution in [0.25, 0.3) is 11.1 Å². The van der Waals surface area contributed by atoms with Gasteiger partial charge in [-0.15, -0.1) is 0 Å². The summed E-state index contributed by atoms with van der Waals surface area (Å²) >= 11 is 0. The van der Waals surface area contributed by atoms with E-state index < -0.39 is 15.1 Å². The number of urea groups is 1. The van der Waals surface area contributed by atoms with Crippen LogP contribution in [0.3, 0.4) is 0 Å². The summed E-state index contributed by atoms with van der Waals surface area (Å²) in [5, 5.41) is 11.5. The van der Waals surface area contributed by atoms with Crippen LogP contribution >= 0.6 is 0 Å². The van der Waals surface area contributed by atoms with Crippen molar-refractivity contribution in [3.63, 3.8) is 0 Å². The molecule has 35 heavy (non-hydrogen) atoms. The first kappa shape index (κ1) is 24.5. The van der Waals surface area contributed by atoms with Gasteiger partial charge in [-0.1, -0.05) is 49.4 Å². The molecule has 3 aromatic rings. The topological polar surface area (TPSA) is 90.3 Å². The SMILES string of the molecule is CCc1cccc(C)c1NC(=O)N1CCC(S(=O)(=O)c2ccc(-c3ccc(C#N)cc3)cc2)CC1. The predicted octanol–water partition coefficient (Wildman–Crippen LogP) is 5.57. The molecule has 0 radical (unpaired) electrons. The van der Waals surface area contributed by atoms with Gasteiger partial charge in [0, 0.05) is 18.8 Å². The molecule has 1 saturated heterocycles. The molecular weight excluding hydrogens is 458 g/mol. The molecule has 2 amide bonds. The second-order valence-electron chi connectivity index (χ2n) is 8.84. The summed E-state index contributed by atoms with van der Waals surface area (Å²) in [5.74, 6) is 0. The van der Waals surface area contributed by atoms with Crippen molar-refractivity contribution < 1.29 is 13.2 Å². The van der Waals surface area contributed by atoms with E-state index in [1.807, 2.05) is 37.3 Å². The minimum absolute atomic E-state index is 0.184. The van der Waals surface area contributed by atoms with E-state index in [0.29, 0.717) is 36.4 Å². The number of carbonyl (C=O) groups excluding carboxylic acids is 1. The van der Waals surface area contributed by atoms with Crippen molar-refractivity contribution in [2.24, 2.45) is 0 Å². The summed E-state index contributed by atoms with van der Waals surface area (Å²) in [6.45, 7) is 4.82. The predicted molar refractivity (Wildman–Crippen MR) is 138 cm³/mol. The maximum atomic E-state index is 13.3. The lowest BCUT2D eigenvalue weighted by Crippen LogP contribution is -2.44. The third-order valence-corrected chi connectivity index (χ3v) is 8.95. The standard InChI is InChI=1S/C28H29N3O3S/c1-3-22-6-4-5-20(2)27(22)30-28(32)31-17-15-26(16-18-31)35(33,34)25-13-11-24(12-14-25)23-9-7-21(19-29)8-10-23/h4-14,26H,3,15-18H2,1-2H3,(H,30,32). The molecule has 1 fully saturated rings. The highest BCUT2D eigenvalue weighted by Gasteiger charge is 2.33. The highest BCUT2D eigenvalue weighted by Crippen LogP contribution is 2.28. The van der Waals surface area contributed by atoms with Crippen LogP contribution in [-0.4, -0.2) is 37.7 Å². The summed E-state index contributed by atoms with van der Waals surface area (Å²) in [5.41, 5.74) is 5.34. The number of nitriles is 1. The second-order valence-corrected chi connectivity index (χ2v) is 11.1. The fourth-order valence-electron chi connectivity index (χ4n) is 4.52. The largest absolute Gasteiger partial charge is 0.324 e. The van der Waals surface area contributed by atoms with Gasteiger partial charge in [-0.3, -0.25) is 0 Å². The lowest BCUT2D eigenvalue weighted by Gasteiger charge is -2.32. The van der Waals surface area contributed by atoms with E-state index in [9.17, 15) is 13.2 Å². The number of likely N-dealkylation sites (tertiary alicyclic amines) is 1. The van der Waals surface area contributed by atoms with E-state index in [1.165, 1.54) is 0 Å². The van der Waals surface area contributed by atoms with Gasteiger partial charge >= 0.3 is 6.03 Å². The minimum atomic E-state index is -3.50. The normalized spacial score (nSPS) is 14.4. The average molecular weight is 488 g/mol. The Balaban J connectivity index is 1.40. The van der Waals surface area contributed by atoms with E-state index >= 15 is 0 Å². The Bertz CT molecular complexity index is 1350. The van der Waals surface area contributed by atoms with Gasteiger partial charge in [-0.05, 0) is 72.7 Å². The van der Waals surface area contributed by atoms with E-state index in [4.69, 9.17) is 5.26 Å². The zero-order valence-electron chi connectivity index (χ0n) is 20.0. The van der Waals surface area contributed by atoms with Crippen molar-refractivity contribution >= 4 is 21.6 Å². The van der Waals surface area contributed by atoms with Crippen LogP contribution in [0.1, 0.15) is 36.5 Å². The van der Waals surface area contributed by atoms with Crippen LogP contribution in [0, 0.1) is 18.3 Å². The summed E-state index contributed by atoms with van der Waals surface area (Å²) in [7, 11) is -3.50. The van der Waals surface area contributed by atoms with Crippen LogP contribution in [-0.2, 0) is 16.3 Å². The van der Waals surface area contributed by atoms with Gasteiger partial charge in [0.05, 0.1) is 21.8 Å². The Morgan fingerprint density at radius 3 is 2.17 bits per heavy atom. The zero-order chi connectivity index (χ0) is 25.0. The molecule has 0 atom stereocenters. The molecule has 0 bridgehead atoms. The second kappa shape index (κ2) is 10.3. The molecule has 0 aliphatic carbocycles. The van der Waals surface area contributed by atoms with Crippen molar-refractivity contribution in [3.8, 4) is 17.2 Å². The van der Waals surface area contributed by atoms with Gasteiger partial charge in [-0.25, -0.2) is 13.2 Å². The monoisotopic (exact) mass is 487 g/mol. The summed E-state index contributed by atoms with van der Waals surface area (Å²) in [4.78, 5) is 14.9. The quantitative estimate of drug-likeness (QED) is 0.510. The molecule has 7 heteroatoms. The third-order valence-electron chi connectivity index (χ3n) is 6.67. The van der Waals surface area contributed by atoms with Crippen LogP contribution in [0.5, 0.6) is 0 Å². The summed E-state index contributed by atoms with van der Waals surface area (Å²) < 4.78 is 26.5. The Morgan fingerprint density at radius 2 is 1.60 bits per heavy atom. The molecule has 0 spiro atoms. The number of piperidine rings is 1. The molecule has 0 saturated carbocycles. The highest BCUT2D eigenvalue weighted by atomic mass is 32.2. The fourth-order valence-corrected chi connectivity index (χ4v) is 6.26. The van der Waals surface area contributed by atoms with Gasteiger partial charge < -0.3 is 10.2 Å². The van der Waals surface area contributed by atoms with Gasteiger partial charge in [0.25, 0.3) is 0 Å². The van der Waals surface area contributed by atoms with Gasteiger partial charge in [0.1, 0.15) is 0 Å². The zero-order valence-corrected chi connectivity index (χ0v) is 20.8. The molecule has 180 valence electrons. The highest BCUT2D eigenvalue weighted by molar-refractivity contribution is 7.92. The van der Waals surface area contributed by atoms with Crippen LogP contribution < -0.4 is 5.32 Å². The molecule has 1 aliphatic rings. The molecule has 6 nitrogen and oxygen atoms in total. The molecule has 1 aliphatic heterocycles. The smallest absolute Gasteiger partial charge is 0.321 e. The minimum Gasteiger partial charge on any atom is -0.324 e. The van der Waals surface area contributed by atoms with Crippen LogP contribution in [0.2, 0.25) is 0 Å². The number of hydrogen-bond donors (Lipinski definition) is 1. The van der Waals surface area contributed by atoms with Gasteiger partial charge in [0.2, 0.25) is 0 Å². The van der Waals surface area contributed by atoms with E-state index in [0.717, 1.165) is 34.4 Å². The number of hydrogen-bond acceptors (Lipinski definition) is 4. The Hall–Kier alpha value is -3.63. The van der Waals surface area contributed by atoms with E-state index in [2.05, 4.69) is 18.3 Å². The molecule has 4 rings (SSSR count). The molecule has 3 aromatic carbocycles. The first-order valence-corrected chi connectivity index (χ1v) is 13.4. The van der Waals surface area contributed by atoms with Gasteiger partial charge in [0.15, 0.2) is 9.84 Å². The maximum absolute atomic E-state index is 13.3. The van der Waals surface area contributed by atoms with Crippen molar-refractivity contribution in [2.75, 3.05) is 18.4 Å². The Morgan fingerprint density at radius 1 is 1.00 bits per heavy atom. The number of benzene rings is 3. The van der Waals surface area contributed by atoms with Crippen LogP contribution in [0.4, 0.5) is 10.5 Å². The van der Waals surface area contributed by atoms with Crippen molar-refractivity contribution in [3.05, 3.63) is 83.4 Å². The van der Waals surface area contributed by atoms with Gasteiger partial charge in [-0.2, -0.15) is 5.26 Å². The molecule has 1 heterocycles. The lowest BCUT2D eigenvalue weighted by molar-refractivity contribution is 0.200. The van der Waals surface area contributed by atoms with Crippen molar-refractivity contribution in [1.29, 1.82) is 5.26 Å². The fraction of sp³-hybridized carbons (Fsp3) is 0.286. The number of para-hydroxylation sites is 1. The maximum Gasteiger partial charge on any atom is 0.321 e. The number of amides is 2. The first-order chi connectivity index (χ1) is 16.8.